The van der Waals surface area contributed by atoms with E-state index >= 15 is 0 Å². The van der Waals surface area contributed by atoms with Crippen LogP contribution in [-0.2, 0) is 0 Å². The lowest BCUT2D eigenvalue weighted by Crippen LogP contribution is -2.25. The second kappa shape index (κ2) is 13.4. The smallest absolute Gasteiger partial charge is 0.262 e. The van der Waals surface area contributed by atoms with Crippen molar-refractivity contribution in [2.45, 2.75) is 51.5 Å². The highest BCUT2D eigenvalue weighted by Crippen LogP contribution is 2.31. The van der Waals surface area contributed by atoms with Crippen molar-refractivity contribution in [2.75, 3.05) is 32.6 Å². The molecule has 6 rings (SSSR count). The minimum Gasteiger partial charge on any atom is -0.497 e. The molecule has 3 aromatic heterocycles. The number of carbonyl (C=O) groups is 1. The molecule has 1 aliphatic rings. The third-order valence-electron chi connectivity index (χ3n) is 8.48. The van der Waals surface area contributed by atoms with Gasteiger partial charge in [0.05, 0.1) is 19.7 Å². The fourth-order valence-electron chi connectivity index (χ4n) is 6.03. The molecule has 1 saturated carbocycles. The molecule has 12 heteroatoms. The number of ether oxygens (including phenoxy) is 2. The van der Waals surface area contributed by atoms with Crippen LogP contribution < -0.4 is 31.2 Å². The standard InChI is InChI=1S/C34H37N7O5/c1-20-16-28(42)41(23-8-4-5-9-23)31-25(20)19-37-34(40-31)36-15-7-6-14-35-32(43)22-12-10-21(11-13-22)30-38-26-17-24(45-2)18-27(46-3)29(26)33(44)39-30/h10-13,16-19,23H,4-9,14-15H2,1-3H3,(H,35,43)(H,36,37,40)(H,38,39,44). The van der Waals surface area contributed by atoms with Gasteiger partial charge >= 0.3 is 0 Å². The highest BCUT2D eigenvalue weighted by Gasteiger charge is 2.21. The molecule has 46 heavy (non-hydrogen) atoms. The number of benzene rings is 2. The first-order valence-electron chi connectivity index (χ1n) is 15.5. The molecular weight excluding hydrogens is 586 g/mol. The number of unbranched alkanes of at least 4 members (excludes halogenated alkanes) is 1. The molecule has 0 spiro atoms. The first-order chi connectivity index (χ1) is 22.4. The Labute approximate surface area is 265 Å². The molecule has 3 heterocycles. The van der Waals surface area contributed by atoms with E-state index in [9.17, 15) is 14.4 Å². The molecule has 3 N–H and O–H groups in total. The maximum absolute atomic E-state index is 12.8. The average molecular weight is 624 g/mol. The van der Waals surface area contributed by atoms with Gasteiger partial charge in [0.15, 0.2) is 0 Å². The van der Waals surface area contributed by atoms with Crippen LogP contribution in [0.15, 0.2) is 58.3 Å². The fourth-order valence-corrected chi connectivity index (χ4v) is 6.03. The van der Waals surface area contributed by atoms with Crippen LogP contribution in [0.4, 0.5) is 5.95 Å². The van der Waals surface area contributed by atoms with Crippen molar-refractivity contribution in [3.05, 3.63) is 80.5 Å². The summed E-state index contributed by atoms with van der Waals surface area (Å²) in [6.07, 6.45) is 7.58. The van der Waals surface area contributed by atoms with E-state index in [0.29, 0.717) is 64.0 Å². The molecule has 0 bridgehead atoms. The number of H-pyrrole nitrogens is 1. The number of hydrogen-bond acceptors (Lipinski definition) is 9. The number of aromatic amines is 1. The van der Waals surface area contributed by atoms with Crippen LogP contribution in [0.2, 0.25) is 0 Å². The topological polar surface area (TPSA) is 153 Å². The van der Waals surface area contributed by atoms with E-state index < -0.39 is 0 Å². The number of rotatable bonds is 11. The maximum atomic E-state index is 12.8. The Morgan fingerprint density at radius 3 is 2.50 bits per heavy atom. The van der Waals surface area contributed by atoms with Gasteiger partial charge in [0, 0.05) is 60.0 Å². The molecule has 1 fully saturated rings. The SMILES string of the molecule is COc1cc(OC)c2c(=O)[nH]c(-c3ccc(C(=O)NCCCCNc4ncc5c(C)cc(=O)n(C6CCCC6)c5n4)cc3)nc2c1. The lowest BCUT2D eigenvalue weighted by atomic mass is 10.1. The van der Waals surface area contributed by atoms with E-state index in [0.717, 1.165) is 49.5 Å². The van der Waals surface area contributed by atoms with Crippen molar-refractivity contribution in [3.8, 4) is 22.9 Å². The van der Waals surface area contributed by atoms with Gasteiger partial charge in [0.2, 0.25) is 5.95 Å². The summed E-state index contributed by atoms with van der Waals surface area (Å²) in [5.74, 6) is 1.58. The van der Waals surface area contributed by atoms with E-state index in [1.165, 1.54) is 14.2 Å². The minimum atomic E-state index is -0.331. The Morgan fingerprint density at radius 2 is 1.76 bits per heavy atom. The minimum absolute atomic E-state index is 0.00527. The normalized spacial score (nSPS) is 13.3. The molecule has 0 unspecified atom stereocenters. The van der Waals surface area contributed by atoms with Crippen molar-refractivity contribution in [2.24, 2.45) is 0 Å². The van der Waals surface area contributed by atoms with Gasteiger partial charge in [-0.25, -0.2) is 9.97 Å². The summed E-state index contributed by atoms with van der Waals surface area (Å²) >= 11 is 0. The molecule has 0 radical (unpaired) electrons. The van der Waals surface area contributed by atoms with Crippen molar-refractivity contribution in [3.63, 3.8) is 0 Å². The van der Waals surface area contributed by atoms with E-state index in [-0.39, 0.29) is 23.1 Å². The molecule has 238 valence electrons. The largest absolute Gasteiger partial charge is 0.497 e. The number of carbonyl (C=O) groups excluding carboxylic acids is 1. The number of hydrogen-bond donors (Lipinski definition) is 3. The van der Waals surface area contributed by atoms with Gasteiger partial charge in [-0.2, -0.15) is 4.98 Å². The van der Waals surface area contributed by atoms with E-state index in [2.05, 4.69) is 25.6 Å². The van der Waals surface area contributed by atoms with E-state index in [4.69, 9.17) is 14.5 Å². The van der Waals surface area contributed by atoms with Gasteiger partial charge < -0.3 is 25.1 Å². The van der Waals surface area contributed by atoms with Crippen LogP contribution in [0, 0.1) is 6.92 Å². The van der Waals surface area contributed by atoms with Crippen molar-refractivity contribution in [1.82, 2.24) is 29.8 Å². The van der Waals surface area contributed by atoms with Crippen molar-refractivity contribution < 1.29 is 14.3 Å². The molecular formula is C34H37N7O5. The lowest BCUT2D eigenvalue weighted by molar-refractivity contribution is 0.0953. The monoisotopic (exact) mass is 623 g/mol. The van der Waals surface area contributed by atoms with Gasteiger partial charge in [-0.15, -0.1) is 0 Å². The summed E-state index contributed by atoms with van der Waals surface area (Å²) in [7, 11) is 3.02. The van der Waals surface area contributed by atoms with Crippen LogP contribution in [0.25, 0.3) is 33.3 Å². The number of aromatic nitrogens is 5. The van der Waals surface area contributed by atoms with Crippen LogP contribution in [0.1, 0.15) is 60.5 Å². The van der Waals surface area contributed by atoms with Crippen LogP contribution in [0.5, 0.6) is 11.5 Å². The summed E-state index contributed by atoms with van der Waals surface area (Å²) in [4.78, 5) is 55.0. The molecule has 1 aliphatic carbocycles. The van der Waals surface area contributed by atoms with Crippen molar-refractivity contribution in [1.29, 1.82) is 0 Å². The zero-order chi connectivity index (χ0) is 32.2. The molecule has 0 atom stereocenters. The lowest BCUT2D eigenvalue weighted by Gasteiger charge is -2.17. The quantitative estimate of drug-likeness (QED) is 0.177. The Morgan fingerprint density at radius 1 is 1.00 bits per heavy atom. The third kappa shape index (κ3) is 6.28. The van der Waals surface area contributed by atoms with Crippen LogP contribution >= 0.6 is 0 Å². The van der Waals surface area contributed by atoms with E-state index in [1.807, 2.05) is 11.5 Å². The summed E-state index contributed by atoms with van der Waals surface area (Å²) < 4.78 is 12.5. The second-order valence-corrected chi connectivity index (χ2v) is 11.5. The summed E-state index contributed by atoms with van der Waals surface area (Å²) in [6, 6.07) is 12.1. The molecule has 5 aromatic rings. The number of pyridine rings is 1. The number of nitrogens with zero attached hydrogens (tertiary/aromatic N) is 4. The zero-order valence-electron chi connectivity index (χ0n) is 26.2. The molecule has 2 aromatic carbocycles. The fraction of sp³-hybridized carbons (Fsp3) is 0.353. The Bertz CT molecular complexity index is 2010. The molecule has 0 aliphatic heterocycles. The third-order valence-corrected chi connectivity index (χ3v) is 8.48. The van der Waals surface area contributed by atoms with Gasteiger partial charge in [-0.05, 0) is 50.3 Å². The zero-order valence-corrected chi connectivity index (χ0v) is 26.2. The van der Waals surface area contributed by atoms with Crippen LogP contribution in [0.3, 0.4) is 0 Å². The number of methoxy groups -OCH3 is 2. The van der Waals surface area contributed by atoms with E-state index in [1.54, 1.807) is 48.7 Å². The van der Waals surface area contributed by atoms with Gasteiger partial charge in [-0.3, -0.25) is 19.0 Å². The predicted molar refractivity (Wildman–Crippen MR) is 177 cm³/mol. The highest BCUT2D eigenvalue weighted by atomic mass is 16.5. The predicted octanol–water partition coefficient (Wildman–Crippen LogP) is 4.76. The second-order valence-electron chi connectivity index (χ2n) is 11.5. The van der Waals surface area contributed by atoms with Gasteiger partial charge in [0.25, 0.3) is 17.0 Å². The average Bonchev–Trinajstić information content (AvgIpc) is 3.60. The number of amides is 1. The first-order valence-corrected chi connectivity index (χ1v) is 15.5. The summed E-state index contributed by atoms with van der Waals surface area (Å²) in [5.41, 5.74) is 2.84. The molecule has 12 nitrogen and oxygen atoms in total. The number of aryl methyl sites for hydroxylation is 1. The number of anilines is 1. The van der Waals surface area contributed by atoms with Gasteiger partial charge in [-0.1, -0.05) is 25.0 Å². The first kappa shape index (κ1) is 30.8. The summed E-state index contributed by atoms with van der Waals surface area (Å²) in [6.45, 7) is 3.05. The van der Waals surface area contributed by atoms with Crippen LogP contribution in [-0.4, -0.2) is 57.7 Å². The highest BCUT2D eigenvalue weighted by molar-refractivity contribution is 5.94. The summed E-state index contributed by atoms with van der Waals surface area (Å²) in [5, 5.41) is 7.46. The van der Waals surface area contributed by atoms with Crippen molar-refractivity contribution >= 4 is 33.8 Å². The molecule has 0 saturated heterocycles. The Hall–Kier alpha value is -5.26. The maximum Gasteiger partial charge on any atom is 0.262 e. The number of nitrogens with one attached hydrogen (secondary N) is 3. The Kier molecular flexibility index (Phi) is 8.95. The Balaban J connectivity index is 1.03. The van der Waals surface area contributed by atoms with Gasteiger partial charge in [0.1, 0.15) is 28.4 Å². The number of fused-ring (bicyclic) bond motifs is 2. The molecule has 1 amide bonds.